The molecule has 2 aromatic heterocycles. The number of ether oxygens (including phenoxy) is 1. The molecule has 0 bridgehead atoms. The van der Waals surface area contributed by atoms with Crippen LogP contribution < -0.4 is 15.0 Å². The number of nitrogens with zero attached hydrogens (tertiary/aromatic N) is 2. The zero-order valence-corrected chi connectivity index (χ0v) is 18.2. The van der Waals surface area contributed by atoms with E-state index in [1.807, 2.05) is 6.92 Å². The topological polar surface area (TPSA) is 103 Å². The van der Waals surface area contributed by atoms with Gasteiger partial charge in [0, 0.05) is 17.2 Å². The maximum absolute atomic E-state index is 12.8. The molecule has 160 valence electrons. The van der Waals surface area contributed by atoms with Gasteiger partial charge < -0.3 is 9.26 Å². The van der Waals surface area contributed by atoms with Crippen molar-refractivity contribution in [3.05, 3.63) is 87.0 Å². The predicted octanol–water partition coefficient (Wildman–Crippen LogP) is 3.94. The standard InChI is InChI=1S/C21H18ClN3O5S/c1-13-3-8-19(18(9-13)24-31(27,28)17-6-4-15(22)5-7-17)29-12-16-11-21(26)25-20(23-16)10-14(2)30-25/h3-11,24H,12H2,1-2H3. The van der Waals surface area contributed by atoms with Gasteiger partial charge in [-0.15, -0.1) is 4.57 Å². The average Bonchev–Trinajstić information content (AvgIpc) is 3.08. The first-order valence-electron chi connectivity index (χ1n) is 9.23. The van der Waals surface area contributed by atoms with Gasteiger partial charge in [-0.05, 0) is 55.8 Å². The summed E-state index contributed by atoms with van der Waals surface area (Å²) in [6.07, 6.45) is 0. The molecule has 1 N–H and O–H groups in total. The number of hydrogen-bond donors (Lipinski definition) is 1. The zero-order chi connectivity index (χ0) is 22.2. The summed E-state index contributed by atoms with van der Waals surface area (Å²) in [5.41, 5.74) is 1.50. The van der Waals surface area contributed by atoms with Crippen molar-refractivity contribution in [2.45, 2.75) is 25.3 Å². The van der Waals surface area contributed by atoms with Crippen LogP contribution in [-0.4, -0.2) is 18.0 Å². The van der Waals surface area contributed by atoms with Crippen LogP contribution in [0.3, 0.4) is 0 Å². The fourth-order valence-corrected chi connectivity index (χ4v) is 4.15. The minimum Gasteiger partial charge on any atom is -0.485 e. The highest BCUT2D eigenvalue weighted by atomic mass is 35.5. The van der Waals surface area contributed by atoms with E-state index < -0.39 is 10.0 Å². The van der Waals surface area contributed by atoms with Crippen molar-refractivity contribution in [1.82, 2.24) is 9.56 Å². The number of aromatic nitrogens is 2. The Morgan fingerprint density at radius 2 is 1.84 bits per heavy atom. The molecule has 0 aliphatic heterocycles. The number of halogens is 1. The quantitative estimate of drug-likeness (QED) is 0.468. The number of anilines is 1. The van der Waals surface area contributed by atoms with Gasteiger partial charge in [-0.3, -0.25) is 9.52 Å². The van der Waals surface area contributed by atoms with Gasteiger partial charge in [0.15, 0.2) is 5.65 Å². The Morgan fingerprint density at radius 1 is 1.10 bits per heavy atom. The molecule has 0 aliphatic carbocycles. The second-order valence-corrected chi connectivity index (χ2v) is 9.05. The third kappa shape index (κ3) is 4.57. The van der Waals surface area contributed by atoms with Gasteiger partial charge in [-0.2, -0.15) is 0 Å². The van der Waals surface area contributed by atoms with E-state index in [4.69, 9.17) is 20.9 Å². The van der Waals surface area contributed by atoms with Crippen LogP contribution in [0.5, 0.6) is 5.75 Å². The van der Waals surface area contributed by atoms with Gasteiger partial charge in [0.25, 0.3) is 15.6 Å². The minimum absolute atomic E-state index is 0.0330. The van der Waals surface area contributed by atoms with Crippen LogP contribution in [0.25, 0.3) is 5.65 Å². The van der Waals surface area contributed by atoms with E-state index in [1.165, 1.54) is 30.3 Å². The number of rotatable bonds is 6. The molecule has 4 aromatic rings. The fourth-order valence-electron chi connectivity index (χ4n) is 2.97. The van der Waals surface area contributed by atoms with Crippen molar-refractivity contribution >= 4 is 33.0 Å². The van der Waals surface area contributed by atoms with E-state index >= 15 is 0 Å². The first kappa shape index (κ1) is 21.0. The van der Waals surface area contributed by atoms with Crippen LogP contribution in [0.4, 0.5) is 5.69 Å². The highest BCUT2D eigenvalue weighted by molar-refractivity contribution is 7.92. The van der Waals surface area contributed by atoms with Crippen molar-refractivity contribution in [1.29, 1.82) is 0 Å². The summed E-state index contributed by atoms with van der Waals surface area (Å²) < 4.78 is 40.2. The third-order valence-electron chi connectivity index (χ3n) is 4.40. The summed E-state index contributed by atoms with van der Waals surface area (Å²) in [7, 11) is -3.86. The molecule has 10 heteroatoms. The summed E-state index contributed by atoms with van der Waals surface area (Å²) >= 11 is 5.85. The summed E-state index contributed by atoms with van der Waals surface area (Å²) in [5.74, 6) is 0.855. The van der Waals surface area contributed by atoms with Crippen molar-refractivity contribution in [2.24, 2.45) is 0 Å². The molecule has 0 saturated carbocycles. The molecular weight excluding hydrogens is 442 g/mol. The second kappa shape index (κ2) is 8.09. The normalized spacial score (nSPS) is 11.6. The van der Waals surface area contributed by atoms with Gasteiger partial charge in [-0.1, -0.05) is 17.7 Å². The van der Waals surface area contributed by atoms with E-state index in [-0.39, 0.29) is 22.7 Å². The second-order valence-electron chi connectivity index (χ2n) is 6.93. The molecule has 0 unspecified atom stereocenters. The lowest BCUT2D eigenvalue weighted by atomic mass is 10.2. The molecule has 2 heterocycles. The van der Waals surface area contributed by atoms with Crippen LogP contribution in [0.15, 0.2) is 68.8 Å². The molecule has 0 atom stereocenters. The van der Waals surface area contributed by atoms with Crippen LogP contribution >= 0.6 is 11.6 Å². The number of fused-ring (bicyclic) bond motifs is 1. The highest BCUT2D eigenvalue weighted by Gasteiger charge is 2.17. The van der Waals surface area contributed by atoms with Gasteiger partial charge in [0.05, 0.1) is 16.3 Å². The number of hydrogen-bond acceptors (Lipinski definition) is 6. The van der Waals surface area contributed by atoms with Gasteiger partial charge in [0.2, 0.25) is 0 Å². The van der Waals surface area contributed by atoms with Gasteiger partial charge in [-0.25, -0.2) is 13.4 Å². The van der Waals surface area contributed by atoms with E-state index in [0.717, 1.165) is 10.1 Å². The Kier molecular flexibility index (Phi) is 5.47. The number of nitrogens with one attached hydrogen (secondary N) is 1. The summed E-state index contributed by atoms with van der Waals surface area (Å²) in [4.78, 5) is 16.6. The van der Waals surface area contributed by atoms with Crippen LogP contribution in [-0.2, 0) is 16.6 Å². The highest BCUT2D eigenvalue weighted by Crippen LogP contribution is 2.29. The molecule has 0 saturated heterocycles. The molecule has 0 aliphatic rings. The zero-order valence-electron chi connectivity index (χ0n) is 16.6. The number of aryl methyl sites for hydroxylation is 2. The molecule has 0 amide bonds. The maximum atomic E-state index is 12.8. The Balaban J connectivity index is 1.60. The maximum Gasteiger partial charge on any atom is 0.287 e. The molecule has 0 fully saturated rings. The predicted molar refractivity (Wildman–Crippen MR) is 116 cm³/mol. The van der Waals surface area contributed by atoms with Crippen LogP contribution in [0.1, 0.15) is 17.0 Å². The first-order chi connectivity index (χ1) is 14.7. The molecule has 0 radical (unpaired) electrons. The lowest BCUT2D eigenvalue weighted by molar-refractivity contribution is 0.300. The van der Waals surface area contributed by atoms with E-state index in [2.05, 4.69) is 9.71 Å². The van der Waals surface area contributed by atoms with Gasteiger partial charge in [0.1, 0.15) is 18.1 Å². The molecule has 2 aromatic carbocycles. The Labute approximate surface area is 183 Å². The molecule has 31 heavy (non-hydrogen) atoms. The fraction of sp³-hybridized carbons (Fsp3) is 0.143. The summed E-state index contributed by atoms with van der Waals surface area (Å²) in [5, 5.41) is 0.437. The van der Waals surface area contributed by atoms with Crippen LogP contribution in [0.2, 0.25) is 5.02 Å². The summed E-state index contributed by atoms with van der Waals surface area (Å²) in [6, 6.07) is 13.9. The Bertz CT molecular complexity index is 1430. The third-order valence-corrected chi connectivity index (χ3v) is 6.04. The van der Waals surface area contributed by atoms with Crippen LogP contribution in [0, 0.1) is 13.8 Å². The SMILES string of the molecule is Cc1ccc(OCc2cc(=O)n3oc(C)cc3n2)c(NS(=O)(=O)c2ccc(Cl)cc2)c1. The van der Waals surface area contributed by atoms with E-state index in [1.54, 1.807) is 31.2 Å². The average molecular weight is 460 g/mol. The van der Waals surface area contributed by atoms with E-state index in [0.29, 0.717) is 27.9 Å². The first-order valence-corrected chi connectivity index (χ1v) is 11.1. The largest absolute Gasteiger partial charge is 0.485 e. The van der Waals surface area contributed by atoms with Crippen molar-refractivity contribution in [3.63, 3.8) is 0 Å². The minimum atomic E-state index is -3.86. The van der Waals surface area contributed by atoms with Crippen molar-refractivity contribution in [2.75, 3.05) is 4.72 Å². The van der Waals surface area contributed by atoms with Gasteiger partial charge >= 0.3 is 0 Å². The number of benzene rings is 2. The van der Waals surface area contributed by atoms with E-state index in [9.17, 15) is 13.2 Å². The smallest absolute Gasteiger partial charge is 0.287 e. The molecule has 4 rings (SSSR count). The Morgan fingerprint density at radius 3 is 2.58 bits per heavy atom. The molecular formula is C21H18ClN3O5S. The summed E-state index contributed by atoms with van der Waals surface area (Å²) in [6.45, 7) is 3.52. The van der Waals surface area contributed by atoms with Crippen molar-refractivity contribution in [3.8, 4) is 5.75 Å². The Hall–Kier alpha value is -3.30. The lowest BCUT2D eigenvalue weighted by Crippen LogP contribution is -2.15. The van der Waals surface area contributed by atoms with Crippen molar-refractivity contribution < 1.29 is 17.7 Å². The molecule has 0 spiro atoms. The monoisotopic (exact) mass is 459 g/mol. The number of sulfonamides is 1. The lowest BCUT2D eigenvalue weighted by Gasteiger charge is -2.14. The molecule has 8 nitrogen and oxygen atoms in total.